The highest BCUT2D eigenvalue weighted by molar-refractivity contribution is 7.80. The molecule has 0 saturated carbocycles. The van der Waals surface area contributed by atoms with Crippen LogP contribution in [-0.2, 0) is 4.74 Å². The van der Waals surface area contributed by atoms with Gasteiger partial charge in [0.1, 0.15) is 0 Å². The molecule has 0 spiro atoms. The number of thiocarbonyl (C=S) groups is 1. The highest BCUT2D eigenvalue weighted by Crippen LogP contribution is 2.04. The zero-order chi connectivity index (χ0) is 15.6. The average Bonchev–Trinajstić information content (AvgIpc) is 2.56. The van der Waals surface area contributed by atoms with Crippen molar-refractivity contribution < 1.29 is 4.74 Å². The first-order valence-corrected chi connectivity index (χ1v) is 8.16. The van der Waals surface area contributed by atoms with Crippen molar-refractivity contribution in [3.05, 3.63) is 42.0 Å². The van der Waals surface area contributed by atoms with Gasteiger partial charge in [0, 0.05) is 46.4 Å². The van der Waals surface area contributed by atoms with Gasteiger partial charge in [0.2, 0.25) is 0 Å². The third-order valence-electron chi connectivity index (χ3n) is 3.72. The molecule has 0 atom stereocenters. The second kappa shape index (κ2) is 9.56. The Bertz CT molecular complexity index is 470. The fraction of sp³-hybridized carbons (Fsp3) is 0.471. The topological polar surface area (TPSA) is 27.7 Å². The maximum Gasteiger partial charge on any atom is 0.169 e. The summed E-state index contributed by atoms with van der Waals surface area (Å²) in [5, 5.41) is 4.08. The number of rotatable bonds is 6. The molecule has 1 aliphatic heterocycles. The van der Waals surface area contributed by atoms with E-state index in [0.29, 0.717) is 6.61 Å². The summed E-state index contributed by atoms with van der Waals surface area (Å²) >= 11 is 5.40. The molecule has 5 heteroatoms. The second-order valence-electron chi connectivity index (χ2n) is 5.33. The molecule has 120 valence electrons. The Kier molecular flexibility index (Phi) is 7.36. The molecule has 0 aliphatic carbocycles. The van der Waals surface area contributed by atoms with Gasteiger partial charge in [-0.3, -0.25) is 4.90 Å². The third-order valence-corrected chi connectivity index (χ3v) is 4.12. The zero-order valence-electron chi connectivity index (χ0n) is 13.2. The van der Waals surface area contributed by atoms with Gasteiger partial charge in [0.25, 0.3) is 0 Å². The van der Waals surface area contributed by atoms with E-state index in [1.807, 2.05) is 6.07 Å². The van der Waals surface area contributed by atoms with Gasteiger partial charge in [-0.1, -0.05) is 42.5 Å². The Labute approximate surface area is 138 Å². The van der Waals surface area contributed by atoms with Crippen LogP contribution in [0.4, 0.5) is 0 Å². The van der Waals surface area contributed by atoms with Crippen LogP contribution in [0.3, 0.4) is 0 Å². The normalized spacial score (nSPS) is 16.1. The first kappa shape index (κ1) is 16.9. The van der Waals surface area contributed by atoms with Crippen LogP contribution < -0.4 is 5.32 Å². The number of nitrogens with one attached hydrogen (secondary N) is 1. The number of benzene rings is 1. The van der Waals surface area contributed by atoms with Crippen LogP contribution in [0.25, 0.3) is 6.08 Å². The molecule has 0 amide bonds. The van der Waals surface area contributed by atoms with E-state index in [4.69, 9.17) is 17.0 Å². The summed E-state index contributed by atoms with van der Waals surface area (Å²) in [5.74, 6) is 0. The summed E-state index contributed by atoms with van der Waals surface area (Å²) in [7, 11) is 1.70. The van der Waals surface area contributed by atoms with E-state index >= 15 is 0 Å². The summed E-state index contributed by atoms with van der Waals surface area (Å²) in [4.78, 5) is 4.69. The fourth-order valence-corrected chi connectivity index (χ4v) is 2.69. The minimum absolute atomic E-state index is 0.685. The van der Waals surface area contributed by atoms with Crippen molar-refractivity contribution in [2.24, 2.45) is 0 Å². The van der Waals surface area contributed by atoms with Crippen LogP contribution in [-0.4, -0.2) is 67.9 Å². The predicted octanol–water partition coefficient (Wildman–Crippen LogP) is 1.84. The van der Waals surface area contributed by atoms with Crippen LogP contribution in [0, 0.1) is 0 Å². The van der Waals surface area contributed by atoms with Crippen molar-refractivity contribution in [3.8, 4) is 0 Å². The number of ether oxygens (including phenoxy) is 1. The maximum absolute atomic E-state index is 5.40. The smallest absolute Gasteiger partial charge is 0.169 e. The summed E-state index contributed by atoms with van der Waals surface area (Å²) < 4.78 is 5.02. The molecule has 1 N–H and O–H groups in total. The quantitative estimate of drug-likeness (QED) is 0.638. The monoisotopic (exact) mass is 319 g/mol. The summed E-state index contributed by atoms with van der Waals surface area (Å²) in [5.41, 5.74) is 1.25. The van der Waals surface area contributed by atoms with Gasteiger partial charge in [0.05, 0.1) is 6.61 Å². The molecule has 0 bridgehead atoms. The van der Waals surface area contributed by atoms with Gasteiger partial charge in [0.15, 0.2) is 5.11 Å². The van der Waals surface area contributed by atoms with Crippen molar-refractivity contribution in [1.82, 2.24) is 15.1 Å². The molecule has 1 heterocycles. The Hall–Kier alpha value is -1.43. The van der Waals surface area contributed by atoms with Crippen molar-refractivity contribution in [1.29, 1.82) is 0 Å². The molecule has 1 saturated heterocycles. The number of nitrogens with zero attached hydrogens (tertiary/aromatic N) is 2. The molecule has 4 nitrogen and oxygen atoms in total. The molecule has 1 aromatic carbocycles. The van der Waals surface area contributed by atoms with E-state index in [2.05, 4.69) is 51.5 Å². The van der Waals surface area contributed by atoms with Crippen LogP contribution >= 0.6 is 12.2 Å². The average molecular weight is 319 g/mol. The molecule has 1 aliphatic rings. The lowest BCUT2D eigenvalue weighted by Gasteiger charge is -2.35. The number of hydrogen-bond acceptors (Lipinski definition) is 3. The van der Waals surface area contributed by atoms with Crippen molar-refractivity contribution in [2.75, 3.05) is 53.0 Å². The van der Waals surface area contributed by atoms with E-state index < -0.39 is 0 Å². The lowest BCUT2D eigenvalue weighted by molar-refractivity contribution is 0.189. The maximum atomic E-state index is 5.40. The first-order valence-electron chi connectivity index (χ1n) is 7.75. The van der Waals surface area contributed by atoms with Crippen molar-refractivity contribution in [3.63, 3.8) is 0 Å². The van der Waals surface area contributed by atoms with E-state index in [0.717, 1.165) is 44.4 Å². The molecular formula is C17H25N3OS. The predicted molar refractivity (Wildman–Crippen MR) is 96.0 cm³/mol. The van der Waals surface area contributed by atoms with Crippen LogP contribution in [0.5, 0.6) is 0 Å². The molecular weight excluding hydrogens is 294 g/mol. The third kappa shape index (κ3) is 5.75. The zero-order valence-corrected chi connectivity index (χ0v) is 14.0. The molecule has 0 aromatic heterocycles. The minimum atomic E-state index is 0.685. The minimum Gasteiger partial charge on any atom is -0.383 e. The molecule has 0 unspecified atom stereocenters. The van der Waals surface area contributed by atoms with Gasteiger partial charge < -0.3 is 15.0 Å². The lowest BCUT2D eigenvalue weighted by Crippen LogP contribution is -2.51. The number of methoxy groups -OCH3 is 1. The summed E-state index contributed by atoms with van der Waals surface area (Å²) in [6.07, 6.45) is 4.42. The number of piperazine rings is 1. The largest absolute Gasteiger partial charge is 0.383 e. The molecule has 1 fully saturated rings. The van der Waals surface area contributed by atoms with Gasteiger partial charge in [-0.05, 0) is 17.8 Å². The van der Waals surface area contributed by atoms with Crippen LogP contribution in [0.15, 0.2) is 36.4 Å². The molecule has 0 radical (unpaired) electrons. The van der Waals surface area contributed by atoms with E-state index in [1.165, 1.54) is 5.56 Å². The fourth-order valence-electron chi connectivity index (χ4n) is 2.41. The van der Waals surface area contributed by atoms with Gasteiger partial charge in [-0.25, -0.2) is 0 Å². The van der Waals surface area contributed by atoms with Crippen molar-refractivity contribution in [2.45, 2.75) is 0 Å². The number of hydrogen-bond donors (Lipinski definition) is 1. The van der Waals surface area contributed by atoms with E-state index in [9.17, 15) is 0 Å². The highest BCUT2D eigenvalue weighted by Gasteiger charge is 2.17. The molecule has 2 rings (SSSR count). The molecule has 22 heavy (non-hydrogen) atoms. The molecule has 1 aromatic rings. The second-order valence-corrected chi connectivity index (χ2v) is 5.71. The highest BCUT2D eigenvalue weighted by atomic mass is 32.1. The Morgan fingerprint density at radius 1 is 1.23 bits per heavy atom. The van der Waals surface area contributed by atoms with Gasteiger partial charge >= 0.3 is 0 Å². The first-order chi connectivity index (χ1) is 10.8. The van der Waals surface area contributed by atoms with Gasteiger partial charge in [-0.15, -0.1) is 0 Å². The van der Waals surface area contributed by atoms with E-state index in [-0.39, 0.29) is 0 Å². The van der Waals surface area contributed by atoms with Crippen molar-refractivity contribution >= 4 is 23.4 Å². The van der Waals surface area contributed by atoms with Crippen LogP contribution in [0.1, 0.15) is 5.56 Å². The van der Waals surface area contributed by atoms with Crippen LogP contribution in [0.2, 0.25) is 0 Å². The lowest BCUT2D eigenvalue weighted by atomic mass is 10.2. The van der Waals surface area contributed by atoms with E-state index in [1.54, 1.807) is 7.11 Å². The summed E-state index contributed by atoms with van der Waals surface area (Å²) in [6, 6.07) is 10.4. The van der Waals surface area contributed by atoms with Gasteiger partial charge in [-0.2, -0.15) is 0 Å². The standard InChI is InChI=1S/C17H25N3OS/c1-21-15-9-18-17(22)20-13-11-19(12-14-20)10-5-8-16-6-3-2-4-7-16/h2-8H,9-15H2,1H3,(H,18,22)/b8-5+. The Balaban J connectivity index is 1.66. The Morgan fingerprint density at radius 2 is 1.95 bits per heavy atom. The summed E-state index contributed by atoms with van der Waals surface area (Å²) in [6.45, 7) is 6.51. The Morgan fingerprint density at radius 3 is 2.64 bits per heavy atom. The SMILES string of the molecule is COCCNC(=S)N1CCN(C/C=C/c2ccccc2)CC1.